The zero-order valence-corrected chi connectivity index (χ0v) is 11.7. The fourth-order valence-electron chi connectivity index (χ4n) is 2.47. The molecule has 0 aromatic heterocycles. The molecule has 1 fully saturated rings. The largest absolute Gasteiger partial charge is 0.480 e. The molecule has 1 atom stereocenters. The molecule has 0 spiro atoms. The number of thioether (sulfide) groups is 1. The van der Waals surface area contributed by atoms with E-state index in [0.29, 0.717) is 0 Å². The summed E-state index contributed by atoms with van der Waals surface area (Å²) in [6.45, 7) is 3.42. The second-order valence-corrected chi connectivity index (χ2v) is 5.83. The van der Waals surface area contributed by atoms with Gasteiger partial charge in [-0.05, 0) is 50.3 Å². The molecule has 1 aromatic carbocycles. The highest BCUT2D eigenvalue weighted by Gasteiger charge is 2.42. The van der Waals surface area contributed by atoms with Crippen LogP contribution in [-0.2, 0) is 11.3 Å². The quantitative estimate of drug-likeness (QED) is 0.850. The highest BCUT2D eigenvalue weighted by molar-refractivity contribution is 7.98. The van der Waals surface area contributed by atoms with Gasteiger partial charge in [0.05, 0.1) is 0 Å². The van der Waals surface area contributed by atoms with Crippen LogP contribution in [0.25, 0.3) is 0 Å². The molecular formula is C14H19NO2S. The summed E-state index contributed by atoms with van der Waals surface area (Å²) in [5, 5.41) is 9.36. The van der Waals surface area contributed by atoms with E-state index in [-0.39, 0.29) is 0 Å². The second-order valence-electron chi connectivity index (χ2n) is 4.95. The molecule has 0 radical (unpaired) electrons. The molecule has 0 bridgehead atoms. The summed E-state index contributed by atoms with van der Waals surface area (Å²) in [7, 11) is 0. The number of rotatable bonds is 4. The van der Waals surface area contributed by atoms with Crippen molar-refractivity contribution in [2.75, 3.05) is 12.8 Å². The van der Waals surface area contributed by atoms with Gasteiger partial charge in [-0.1, -0.05) is 12.1 Å². The molecule has 1 unspecified atom stereocenters. The third-order valence-corrected chi connectivity index (χ3v) is 4.53. The fourth-order valence-corrected chi connectivity index (χ4v) is 2.87. The number of hydrogen-bond donors (Lipinski definition) is 1. The molecule has 18 heavy (non-hydrogen) atoms. The Labute approximate surface area is 112 Å². The molecule has 2 rings (SSSR count). The van der Waals surface area contributed by atoms with E-state index >= 15 is 0 Å². The third-order valence-electron chi connectivity index (χ3n) is 3.78. The summed E-state index contributed by atoms with van der Waals surface area (Å²) < 4.78 is 0. The molecule has 0 aliphatic carbocycles. The van der Waals surface area contributed by atoms with Gasteiger partial charge in [0.25, 0.3) is 0 Å². The molecular weight excluding hydrogens is 246 g/mol. The Balaban J connectivity index is 2.10. The first-order chi connectivity index (χ1) is 8.56. The minimum Gasteiger partial charge on any atom is -0.480 e. The maximum absolute atomic E-state index is 11.4. The van der Waals surface area contributed by atoms with Crippen LogP contribution in [0.1, 0.15) is 25.3 Å². The number of hydrogen-bond acceptors (Lipinski definition) is 3. The lowest BCUT2D eigenvalue weighted by Crippen LogP contribution is -2.47. The van der Waals surface area contributed by atoms with Crippen molar-refractivity contribution in [3.05, 3.63) is 29.8 Å². The van der Waals surface area contributed by atoms with Crippen molar-refractivity contribution in [3.8, 4) is 0 Å². The van der Waals surface area contributed by atoms with E-state index < -0.39 is 11.5 Å². The smallest absolute Gasteiger partial charge is 0.323 e. The van der Waals surface area contributed by atoms with Crippen LogP contribution in [0, 0.1) is 0 Å². The van der Waals surface area contributed by atoms with Gasteiger partial charge in [0.1, 0.15) is 5.54 Å². The number of carbonyl (C=O) groups is 1. The number of aliphatic carboxylic acids is 1. The fraction of sp³-hybridized carbons (Fsp3) is 0.500. The first kappa shape index (κ1) is 13.4. The SMILES string of the molecule is CSc1ccc(CN2CCCC2(C)C(=O)O)cc1. The van der Waals surface area contributed by atoms with E-state index in [1.54, 1.807) is 11.8 Å². The van der Waals surface area contributed by atoms with Crippen LogP contribution < -0.4 is 0 Å². The van der Waals surface area contributed by atoms with Crippen molar-refractivity contribution in [1.29, 1.82) is 0 Å². The van der Waals surface area contributed by atoms with Gasteiger partial charge in [-0.3, -0.25) is 9.69 Å². The lowest BCUT2D eigenvalue weighted by atomic mass is 9.99. The Hall–Kier alpha value is -1.00. The summed E-state index contributed by atoms with van der Waals surface area (Å²) in [4.78, 5) is 14.7. The van der Waals surface area contributed by atoms with Crippen LogP contribution in [0.4, 0.5) is 0 Å². The summed E-state index contributed by atoms with van der Waals surface area (Å²) in [6.07, 6.45) is 3.76. The molecule has 4 heteroatoms. The van der Waals surface area contributed by atoms with E-state index in [1.165, 1.54) is 10.5 Å². The molecule has 1 saturated heterocycles. The van der Waals surface area contributed by atoms with Crippen molar-refractivity contribution in [1.82, 2.24) is 4.90 Å². The zero-order valence-electron chi connectivity index (χ0n) is 10.8. The maximum atomic E-state index is 11.4. The number of carboxylic acid groups (broad SMARTS) is 1. The van der Waals surface area contributed by atoms with Crippen molar-refractivity contribution in [2.45, 2.75) is 36.7 Å². The van der Waals surface area contributed by atoms with Crippen LogP contribution in [-0.4, -0.2) is 34.3 Å². The number of carboxylic acids is 1. The first-order valence-corrected chi connectivity index (χ1v) is 7.40. The predicted octanol–water partition coefficient (Wildman–Crippen LogP) is 2.85. The van der Waals surface area contributed by atoms with Crippen molar-refractivity contribution in [3.63, 3.8) is 0 Å². The Kier molecular flexibility index (Phi) is 3.97. The summed E-state index contributed by atoms with van der Waals surface area (Å²) in [5.74, 6) is -0.708. The summed E-state index contributed by atoms with van der Waals surface area (Å²) >= 11 is 1.72. The summed E-state index contributed by atoms with van der Waals surface area (Å²) in [6, 6.07) is 8.36. The van der Waals surface area contributed by atoms with E-state index in [4.69, 9.17) is 0 Å². The zero-order chi connectivity index (χ0) is 13.2. The molecule has 1 aliphatic rings. The van der Waals surface area contributed by atoms with Crippen LogP contribution in [0.2, 0.25) is 0 Å². The average molecular weight is 265 g/mol. The Bertz CT molecular complexity index is 432. The molecule has 0 amide bonds. The number of nitrogens with zero attached hydrogens (tertiary/aromatic N) is 1. The molecule has 0 saturated carbocycles. The normalized spacial score (nSPS) is 24.3. The Morgan fingerprint density at radius 3 is 2.67 bits per heavy atom. The van der Waals surface area contributed by atoms with Crippen LogP contribution >= 0.6 is 11.8 Å². The van der Waals surface area contributed by atoms with Crippen molar-refractivity contribution < 1.29 is 9.90 Å². The second kappa shape index (κ2) is 5.33. The predicted molar refractivity (Wildman–Crippen MR) is 73.9 cm³/mol. The molecule has 1 aliphatic heterocycles. The van der Waals surface area contributed by atoms with Crippen molar-refractivity contribution >= 4 is 17.7 Å². The molecule has 98 valence electrons. The van der Waals surface area contributed by atoms with Gasteiger partial charge in [0.2, 0.25) is 0 Å². The van der Waals surface area contributed by atoms with E-state index in [2.05, 4.69) is 35.4 Å². The average Bonchev–Trinajstić information content (AvgIpc) is 2.73. The van der Waals surface area contributed by atoms with E-state index in [1.807, 2.05) is 6.92 Å². The van der Waals surface area contributed by atoms with Gasteiger partial charge < -0.3 is 5.11 Å². The lowest BCUT2D eigenvalue weighted by Gasteiger charge is -2.31. The molecule has 1 N–H and O–H groups in total. The first-order valence-electron chi connectivity index (χ1n) is 6.17. The Morgan fingerprint density at radius 2 is 2.11 bits per heavy atom. The van der Waals surface area contributed by atoms with Gasteiger partial charge in [-0.15, -0.1) is 11.8 Å². The number of likely N-dealkylation sites (tertiary alicyclic amines) is 1. The molecule has 3 nitrogen and oxygen atoms in total. The standard InChI is InChI=1S/C14H19NO2S/c1-14(13(16)17)8-3-9-15(14)10-11-4-6-12(18-2)7-5-11/h4-7H,3,8-10H2,1-2H3,(H,16,17). The van der Waals surface area contributed by atoms with Crippen LogP contribution in [0.5, 0.6) is 0 Å². The van der Waals surface area contributed by atoms with Gasteiger partial charge in [-0.25, -0.2) is 0 Å². The summed E-state index contributed by atoms with van der Waals surface area (Å²) in [5.41, 5.74) is 0.486. The Morgan fingerprint density at radius 1 is 1.44 bits per heavy atom. The van der Waals surface area contributed by atoms with Gasteiger partial charge in [-0.2, -0.15) is 0 Å². The lowest BCUT2D eigenvalue weighted by molar-refractivity contribution is -0.148. The van der Waals surface area contributed by atoms with Crippen molar-refractivity contribution in [2.24, 2.45) is 0 Å². The highest BCUT2D eigenvalue weighted by Crippen LogP contribution is 2.31. The number of benzene rings is 1. The monoisotopic (exact) mass is 265 g/mol. The maximum Gasteiger partial charge on any atom is 0.323 e. The minimum atomic E-state index is -0.708. The third kappa shape index (κ3) is 2.54. The van der Waals surface area contributed by atoms with Crippen LogP contribution in [0.15, 0.2) is 29.2 Å². The van der Waals surface area contributed by atoms with Gasteiger partial charge in [0.15, 0.2) is 0 Å². The van der Waals surface area contributed by atoms with Gasteiger partial charge in [0, 0.05) is 11.4 Å². The highest BCUT2D eigenvalue weighted by atomic mass is 32.2. The van der Waals surface area contributed by atoms with Crippen LogP contribution in [0.3, 0.4) is 0 Å². The van der Waals surface area contributed by atoms with E-state index in [0.717, 1.165) is 25.9 Å². The van der Waals surface area contributed by atoms with Gasteiger partial charge >= 0.3 is 5.97 Å². The minimum absolute atomic E-state index is 0.696. The molecule has 1 aromatic rings. The van der Waals surface area contributed by atoms with E-state index in [9.17, 15) is 9.90 Å². The topological polar surface area (TPSA) is 40.5 Å². The molecule has 1 heterocycles.